The third-order valence-electron chi connectivity index (χ3n) is 3.49. The van der Waals surface area contributed by atoms with Crippen molar-refractivity contribution in [3.63, 3.8) is 0 Å². The molecule has 0 unspecified atom stereocenters. The van der Waals surface area contributed by atoms with Gasteiger partial charge in [0.05, 0.1) is 11.1 Å². The molecule has 19 heavy (non-hydrogen) atoms. The van der Waals surface area contributed by atoms with Crippen molar-refractivity contribution in [2.24, 2.45) is 5.73 Å². The summed E-state index contributed by atoms with van der Waals surface area (Å²) in [7, 11) is 1.64. The fraction of sp³-hybridized carbons (Fsp3) is 0.429. The van der Waals surface area contributed by atoms with E-state index in [0.29, 0.717) is 18.5 Å². The molecule has 0 aliphatic carbocycles. The smallest absolute Gasteiger partial charge is 0.335 e. The highest BCUT2D eigenvalue weighted by molar-refractivity contribution is 6.00. The zero-order valence-electron chi connectivity index (χ0n) is 11.5. The van der Waals surface area contributed by atoms with Gasteiger partial charge in [0, 0.05) is 12.7 Å². The molecule has 5 nitrogen and oxygen atoms in total. The number of nitrogens with zero attached hydrogens (tertiary/aromatic N) is 1. The molecule has 0 aliphatic heterocycles. The predicted molar refractivity (Wildman–Crippen MR) is 74.3 cm³/mol. The summed E-state index contributed by atoms with van der Waals surface area (Å²) in [6.45, 7) is 3.76. The number of hydrogen-bond donors (Lipinski definition) is 2. The highest BCUT2D eigenvalue weighted by Crippen LogP contribution is 2.20. The standard InChI is InChI=1S/C14H20N2O3/c1-4-14(15,5-2)13(19)16(3)11-8-6-10(7-9-11)12(17)18/h6-9H,4-5,15H2,1-3H3,(H,17,18). The van der Waals surface area contributed by atoms with Crippen LogP contribution in [0.5, 0.6) is 0 Å². The van der Waals surface area contributed by atoms with Crippen LogP contribution in [0.25, 0.3) is 0 Å². The number of nitrogens with two attached hydrogens (primary N) is 1. The third-order valence-corrected chi connectivity index (χ3v) is 3.49. The lowest BCUT2D eigenvalue weighted by atomic mass is 9.92. The second-order valence-corrected chi connectivity index (χ2v) is 4.58. The van der Waals surface area contributed by atoms with Gasteiger partial charge in [0.1, 0.15) is 0 Å². The molecule has 5 heteroatoms. The first-order chi connectivity index (χ1) is 8.85. The van der Waals surface area contributed by atoms with E-state index < -0.39 is 11.5 Å². The highest BCUT2D eigenvalue weighted by Gasteiger charge is 2.33. The molecular formula is C14H20N2O3. The maximum absolute atomic E-state index is 12.3. The summed E-state index contributed by atoms with van der Waals surface area (Å²) in [4.78, 5) is 24.6. The van der Waals surface area contributed by atoms with Gasteiger partial charge in [0.15, 0.2) is 0 Å². The number of benzene rings is 1. The van der Waals surface area contributed by atoms with Gasteiger partial charge in [-0.1, -0.05) is 13.8 Å². The van der Waals surface area contributed by atoms with Crippen molar-refractivity contribution < 1.29 is 14.7 Å². The number of carbonyl (C=O) groups excluding carboxylic acids is 1. The molecule has 0 atom stereocenters. The molecule has 0 saturated carbocycles. The van der Waals surface area contributed by atoms with Gasteiger partial charge >= 0.3 is 5.97 Å². The van der Waals surface area contributed by atoms with Gasteiger partial charge in [0.2, 0.25) is 5.91 Å². The van der Waals surface area contributed by atoms with E-state index in [2.05, 4.69) is 0 Å². The van der Waals surface area contributed by atoms with Crippen LogP contribution in [-0.2, 0) is 4.79 Å². The van der Waals surface area contributed by atoms with E-state index in [1.807, 2.05) is 13.8 Å². The van der Waals surface area contributed by atoms with Crippen LogP contribution in [-0.4, -0.2) is 29.6 Å². The average molecular weight is 264 g/mol. The van der Waals surface area contributed by atoms with Crippen molar-refractivity contribution in [3.8, 4) is 0 Å². The number of anilines is 1. The Bertz CT molecular complexity index is 464. The molecule has 1 aromatic carbocycles. The zero-order valence-corrected chi connectivity index (χ0v) is 11.5. The summed E-state index contributed by atoms with van der Waals surface area (Å²) < 4.78 is 0. The first-order valence-corrected chi connectivity index (χ1v) is 6.26. The fourth-order valence-electron chi connectivity index (χ4n) is 1.83. The summed E-state index contributed by atoms with van der Waals surface area (Å²) in [5.41, 5.74) is 6.02. The normalized spacial score (nSPS) is 11.2. The number of amides is 1. The van der Waals surface area contributed by atoms with E-state index in [-0.39, 0.29) is 11.5 Å². The molecule has 104 valence electrons. The van der Waals surface area contributed by atoms with Gasteiger partial charge in [-0.2, -0.15) is 0 Å². The maximum Gasteiger partial charge on any atom is 0.335 e. The summed E-state index contributed by atoms with van der Waals surface area (Å²) in [5, 5.41) is 8.83. The van der Waals surface area contributed by atoms with Crippen molar-refractivity contribution in [3.05, 3.63) is 29.8 Å². The Hall–Kier alpha value is -1.88. The molecule has 0 bridgehead atoms. The summed E-state index contributed by atoms with van der Waals surface area (Å²) >= 11 is 0. The zero-order chi connectivity index (χ0) is 14.6. The lowest BCUT2D eigenvalue weighted by Crippen LogP contribution is -2.53. The average Bonchev–Trinajstić information content (AvgIpc) is 2.44. The molecule has 0 fully saturated rings. The van der Waals surface area contributed by atoms with Crippen molar-refractivity contribution in [1.29, 1.82) is 0 Å². The Kier molecular flexibility index (Phi) is 4.67. The van der Waals surface area contributed by atoms with Crippen molar-refractivity contribution in [2.75, 3.05) is 11.9 Å². The second kappa shape index (κ2) is 5.84. The highest BCUT2D eigenvalue weighted by atomic mass is 16.4. The topological polar surface area (TPSA) is 83.6 Å². The van der Waals surface area contributed by atoms with Crippen LogP contribution in [0.3, 0.4) is 0 Å². The molecule has 0 radical (unpaired) electrons. The SMILES string of the molecule is CCC(N)(CC)C(=O)N(C)c1ccc(C(=O)O)cc1. The molecule has 0 saturated heterocycles. The molecule has 0 aromatic heterocycles. The Morgan fingerprint density at radius 1 is 1.21 bits per heavy atom. The third kappa shape index (κ3) is 3.12. The quantitative estimate of drug-likeness (QED) is 0.850. The van der Waals surface area contributed by atoms with Gasteiger partial charge in [-0.05, 0) is 37.1 Å². The minimum absolute atomic E-state index is 0.166. The lowest BCUT2D eigenvalue weighted by molar-refractivity contribution is -0.123. The Morgan fingerprint density at radius 2 is 1.68 bits per heavy atom. The van der Waals surface area contributed by atoms with Crippen LogP contribution >= 0.6 is 0 Å². The first-order valence-electron chi connectivity index (χ1n) is 6.26. The monoisotopic (exact) mass is 264 g/mol. The van der Waals surface area contributed by atoms with E-state index in [1.54, 1.807) is 19.2 Å². The summed E-state index contributed by atoms with van der Waals surface area (Å²) in [6, 6.07) is 6.15. The summed E-state index contributed by atoms with van der Waals surface area (Å²) in [6.07, 6.45) is 1.11. The number of carboxylic acids is 1. The summed E-state index contributed by atoms with van der Waals surface area (Å²) in [5.74, 6) is -1.16. The molecule has 0 aliphatic rings. The second-order valence-electron chi connectivity index (χ2n) is 4.58. The Morgan fingerprint density at radius 3 is 2.05 bits per heavy atom. The van der Waals surface area contributed by atoms with Crippen LogP contribution in [0.1, 0.15) is 37.0 Å². The molecule has 1 aromatic rings. The fourth-order valence-corrected chi connectivity index (χ4v) is 1.83. The molecular weight excluding hydrogens is 244 g/mol. The van der Waals surface area contributed by atoms with E-state index >= 15 is 0 Å². The van der Waals surface area contributed by atoms with Crippen molar-refractivity contribution in [1.82, 2.24) is 0 Å². The van der Waals surface area contributed by atoms with Crippen LogP contribution in [0.15, 0.2) is 24.3 Å². The molecule has 1 rings (SSSR count). The van der Waals surface area contributed by atoms with Crippen molar-refractivity contribution in [2.45, 2.75) is 32.2 Å². The van der Waals surface area contributed by atoms with Gasteiger partial charge < -0.3 is 15.7 Å². The van der Waals surface area contributed by atoms with Gasteiger partial charge in [-0.25, -0.2) is 4.79 Å². The number of rotatable bonds is 5. The van der Waals surface area contributed by atoms with E-state index in [4.69, 9.17) is 10.8 Å². The van der Waals surface area contributed by atoms with E-state index in [0.717, 1.165) is 0 Å². The van der Waals surface area contributed by atoms with Crippen molar-refractivity contribution >= 4 is 17.6 Å². The Balaban J connectivity index is 2.97. The van der Waals surface area contributed by atoms with Gasteiger partial charge in [-0.3, -0.25) is 4.79 Å². The van der Waals surface area contributed by atoms with E-state index in [1.165, 1.54) is 17.0 Å². The van der Waals surface area contributed by atoms with Crippen LogP contribution in [0.2, 0.25) is 0 Å². The van der Waals surface area contributed by atoms with Crippen LogP contribution in [0.4, 0.5) is 5.69 Å². The van der Waals surface area contributed by atoms with Crippen LogP contribution < -0.4 is 10.6 Å². The van der Waals surface area contributed by atoms with E-state index in [9.17, 15) is 9.59 Å². The number of carboxylic acid groups (broad SMARTS) is 1. The molecule has 3 N–H and O–H groups in total. The Labute approximate surface area is 113 Å². The molecule has 0 spiro atoms. The number of hydrogen-bond acceptors (Lipinski definition) is 3. The number of likely N-dealkylation sites (N-methyl/N-ethyl adjacent to an activating group) is 1. The molecule has 0 heterocycles. The minimum atomic E-state index is -0.990. The number of carbonyl (C=O) groups is 2. The van der Waals surface area contributed by atoms with Gasteiger partial charge in [0.25, 0.3) is 0 Å². The lowest BCUT2D eigenvalue weighted by Gasteiger charge is -2.30. The van der Waals surface area contributed by atoms with Gasteiger partial charge in [-0.15, -0.1) is 0 Å². The predicted octanol–water partition coefficient (Wildman–Crippen LogP) is 1.87. The largest absolute Gasteiger partial charge is 0.478 e. The van der Waals surface area contributed by atoms with Crippen LogP contribution in [0, 0.1) is 0 Å². The maximum atomic E-state index is 12.3. The minimum Gasteiger partial charge on any atom is -0.478 e. The first kappa shape index (κ1) is 15.2. The molecule has 1 amide bonds. The number of aromatic carboxylic acids is 1.